The van der Waals surface area contributed by atoms with Crippen molar-refractivity contribution in [2.75, 3.05) is 40.7 Å². The predicted molar refractivity (Wildman–Crippen MR) is 171 cm³/mol. The number of alkyl halides is 3. The van der Waals surface area contributed by atoms with Gasteiger partial charge in [0, 0.05) is 40.9 Å². The van der Waals surface area contributed by atoms with Crippen molar-refractivity contribution in [3.05, 3.63) is 52.1 Å². The lowest BCUT2D eigenvalue weighted by molar-refractivity contribution is -0.0723. The van der Waals surface area contributed by atoms with E-state index in [0.717, 1.165) is 33.4 Å². The van der Waals surface area contributed by atoms with E-state index < -0.39 is 28.6 Å². The van der Waals surface area contributed by atoms with Crippen molar-refractivity contribution in [1.29, 1.82) is 5.26 Å². The summed E-state index contributed by atoms with van der Waals surface area (Å²) in [7, 11) is 3.53. The molecular formula is C32H35Cl3N4O7. The minimum Gasteiger partial charge on any atom is -0.504 e. The summed E-state index contributed by atoms with van der Waals surface area (Å²) in [6.07, 6.45) is 1.85. The van der Waals surface area contributed by atoms with Crippen LogP contribution in [0.3, 0.4) is 0 Å². The number of ether oxygens (including phenoxy) is 5. The Kier molecular flexibility index (Phi) is 8.80. The van der Waals surface area contributed by atoms with Gasteiger partial charge in [-0.15, -0.1) is 0 Å². The first-order valence-corrected chi connectivity index (χ1v) is 16.0. The van der Waals surface area contributed by atoms with E-state index in [0.29, 0.717) is 35.8 Å². The summed E-state index contributed by atoms with van der Waals surface area (Å²) in [6.45, 7) is 7.48. The highest BCUT2D eigenvalue weighted by Gasteiger charge is 2.56. The Balaban J connectivity index is 1.54. The van der Waals surface area contributed by atoms with Gasteiger partial charge in [0.05, 0.1) is 25.3 Å². The Morgan fingerprint density at radius 3 is 2.63 bits per heavy atom. The predicted octanol–water partition coefficient (Wildman–Crippen LogP) is 5.18. The molecule has 0 saturated carbocycles. The number of alkyl carbamates (subject to hydrolysis) is 1. The van der Waals surface area contributed by atoms with Crippen LogP contribution in [-0.2, 0) is 17.6 Å². The van der Waals surface area contributed by atoms with E-state index in [1.165, 1.54) is 7.11 Å². The molecule has 4 aliphatic heterocycles. The molecule has 4 aliphatic rings. The van der Waals surface area contributed by atoms with Gasteiger partial charge in [-0.1, -0.05) is 53.5 Å². The zero-order valence-corrected chi connectivity index (χ0v) is 28.1. The fourth-order valence-electron chi connectivity index (χ4n) is 7.75. The quantitative estimate of drug-likeness (QED) is 0.296. The molecule has 14 heteroatoms. The molecule has 4 heterocycles. The molecular weight excluding hydrogens is 659 g/mol. The number of aryl methyl sites for hydroxylation is 1. The molecule has 1 unspecified atom stereocenters. The van der Waals surface area contributed by atoms with Gasteiger partial charge in [0.25, 0.3) is 0 Å². The normalized spacial score (nSPS) is 24.6. The van der Waals surface area contributed by atoms with Crippen LogP contribution in [0, 0.1) is 25.2 Å². The van der Waals surface area contributed by atoms with Crippen LogP contribution in [0.2, 0.25) is 0 Å². The maximum absolute atomic E-state index is 12.9. The molecule has 1 amide bonds. The SMILES string of the molecule is C=CCOc1c(C)c2c(c3c1C[C@H]1[C@H]4c5c(cc(C)c(OC)c5O)C[C@H](C(C#N)N1[C@H]3CNC(=O)OCC(Cl)(Cl)Cl)N4C)OCO2. The zero-order chi connectivity index (χ0) is 33.1. The molecule has 2 aromatic rings. The van der Waals surface area contributed by atoms with E-state index in [1.54, 1.807) is 6.08 Å². The van der Waals surface area contributed by atoms with E-state index in [4.69, 9.17) is 58.5 Å². The summed E-state index contributed by atoms with van der Waals surface area (Å²) in [4.78, 5) is 17.2. The number of halogens is 3. The second-order valence-corrected chi connectivity index (χ2v) is 14.4. The minimum atomic E-state index is -1.78. The van der Waals surface area contributed by atoms with Crippen molar-refractivity contribution in [3.63, 3.8) is 0 Å². The fourth-order valence-corrected chi connectivity index (χ4v) is 7.91. The van der Waals surface area contributed by atoms with Crippen LogP contribution in [0.1, 0.15) is 45.5 Å². The maximum atomic E-state index is 12.9. The Hall–Kier alpha value is -3.27. The van der Waals surface area contributed by atoms with Gasteiger partial charge in [0.1, 0.15) is 25.0 Å². The highest BCUT2D eigenvalue weighted by Crippen LogP contribution is 2.58. The number of nitriles is 1. The number of phenols is 1. The van der Waals surface area contributed by atoms with E-state index in [-0.39, 0.29) is 43.8 Å². The van der Waals surface area contributed by atoms with E-state index >= 15 is 0 Å². The Morgan fingerprint density at radius 2 is 1.96 bits per heavy atom. The topological polar surface area (TPSA) is 126 Å². The van der Waals surface area contributed by atoms with E-state index in [1.807, 2.05) is 27.0 Å². The van der Waals surface area contributed by atoms with Crippen molar-refractivity contribution >= 4 is 40.9 Å². The molecule has 0 radical (unpaired) electrons. The van der Waals surface area contributed by atoms with Crippen molar-refractivity contribution < 1.29 is 33.6 Å². The molecule has 246 valence electrons. The number of nitrogens with one attached hydrogen (secondary N) is 1. The summed E-state index contributed by atoms with van der Waals surface area (Å²) >= 11 is 17.4. The molecule has 2 aromatic carbocycles. The van der Waals surface area contributed by atoms with Crippen molar-refractivity contribution in [2.24, 2.45) is 0 Å². The smallest absolute Gasteiger partial charge is 0.407 e. The van der Waals surface area contributed by atoms with E-state index in [9.17, 15) is 15.2 Å². The molecule has 5 atom stereocenters. The third-order valence-electron chi connectivity index (χ3n) is 9.42. The van der Waals surface area contributed by atoms with Crippen molar-refractivity contribution in [3.8, 4) is 34.8 Å². The average molecular weight is 694 g/mol. The largest absolute Gasteiger partial charge is 0.504 e. The third-order valence-corrected chi connectivity index (χ3v) is 9.74. The number of benzene rings is 2. The number of nitrogens with zero attached hydrogens (tertiary/aromatic N) is 3. The summed E-state index contributed by atoms with van der Waals surface area (Å²) in [5.74, 6) is 2.22. The van der Waals surface area contributed by atoms with Crippen LogP contribution >= 0.6 is 34.8 Å². The monoisotopic (exact) mass is 692 g/mol. The first-order valence-electron chi connectivity index (χ1n) is 14.9. The number of carbonyl (C=O) groups is 1. The number of hydrogen-bond donors (Lipinski definition) is 2. The van der Waals surface area contributed by atoms with Gasteiger partial charge < -0.3 is 34.1 Å². The number of aromatic hydroxyl groups is 1. The number of hydrogen-bond acceptors (Lipinski definition) is 10. The minimum absolute atomic E-state index is 0.0124. The molecule has 2 N–H and O–H groups in total. The number of piperazine rings is 1. The number of amides is 1. The van der Waals surface area contributed by atoms with Crippen LogP contribution in [0.15, 0.2) is 18.7 Å². The lowest BCUT2D eigenvalue weighted by Crippen LogP contribution is -2.68. The number of fused-ring (bicyclic) bond motifs is 9. The average Bonchev–Trinajstić information content (AvgIpc) is 3.49. The molecule has 1 fully saturated rings. The molecule has 0 aromatic heterocycles. The van der Waals surface area contributed by atoms with Crippen molar-refractivity contribution in [2.45, 2.75) is 60.7 Å². The van der Waals surface area contributed by atoms with Gasteiger partial charge in [0.15, 0.2) is 23.0 Å². The Bertz CT molecular complexity index is 1620. The fraction of sp³-hybridized carbons (Fsp3) is 0.500. The molecule has 0 spiro atoms. The Morgan fingerprint density at radius 1 is 1.22 bits per heavy atom. The van der Waals surface area contributed by atoms with Crippen LogP contribution < -0.4 is 24.3 Å². The lowest BCUT2D eigenvalue weighted by atomic mass is 9.71. The standard InChI is InChI=1S/C32H35Cl3N4O7/c1-6-7-43-28-16(3)29-30(46-14-45-29)24-18(28)10-20-25-23-17(8-15(2)27(42-5)26(23)40)9-19(38(25)4)21(11-36)39(20)22(24)12-37-31(41)44-13-32(33,34)35/h6,8,19-22,25,40H,1,7,9-10,12-14H2,2-5H3,(H,37,41)/t19-,20+,21?,22+,25+/m1/s1. The van der Waals surface area contributed by atoms with Crippen molar-refractivity contribution in [1.82, 2.24) is 15.1 Å². The number of methoxy groups -OCH3 is 1. The lowest BCUT2D eigenvalue weighted by Gasteiger charge is -2.60. The van der Waals surface area contributed by atoms with Crippen LogP contribution in [-0.4, -0.2) is 83.6 Å². The van der Waals surface area contributed by atoms with E-state index in [2.05, 4.69) is 27.8 Å². The molecule has 0 aliphatic carbocycles. The van der Waals surface area contributed by atoms with Gasteiger partial charge in [-0.2, -0.15) is 5.26 Å². The highest BCUT2D eigenvalue weighted by molar-refractivity contribution is 6.67. The summed E-state index contributed by atoms with van der Waals surface area (Å²) in [6, 6.07) is 2.53. The third kappa shape index (κ3) is 5.34. The second-order valence-electron chi connectivity index (χ2n) is 11.9. The molecule has 46 heavy (non-hydrogen) atoms. The van der Waals surface area contributed by atoms with Gasteiger partial charge >= 0.3 is 6.09 Å². The van der Waals surface area contributed by atoms with Gasteiger partial charge in [-0.3, -0.25) is 9.80 Å². The molecule has 11 nitrogen and oxygen atoms in total. The first-order chi connectivity index (χ1) is 21.9. The summed E-state index contributed by atoms with van der Waals surface area (Å²) in [5.41, 5.74) is 4.95. The second kappa shape index (κ2) is 12.4. The van der Waals surface area contributed by atoms with Gasteiger partial charge in [-0.05, 0) is 44.9 Å². The number of phenolic OH excluding ortho intramolecular Hbond substituents is 1. The molecule has 1 saturated heterocycles. The van der Waals surface area contributed by atoms with Crippen LogP contribution in [0.4, 0.5) is 4.79 Å². The zero-order valence-electron chi connectivity index (χ0n) is 25.9. The van der Waals surface area contributed by atoms with Gasteiger partial charge in [0.2, 0.25) is 10.6 Å². The number of rotatable bonds is 7. The summed E-state index contributed by atoms with van der Waals surface area (Å²) in [5, 5.41) is 25.3. The van der Waals surface area contributed by atoms with Crippen LogP contribution in [0.25, 0.3) is 0 Å². The number of carbonyl (C=O) groups excluding carboxylic acids is 1. The first kappa shape index (κ1) is 32.7. The number of likely N-dealkylation sites (N-methyl/N-ethyl adjacent to an activating group) is 1. The maximum Gasteiger partial charge on any atom is 0.407 e. The van der Waals surface area contributed by atoms with Gasteiger partial charge in [-0.25, -0.2) is 4.79 Å². The summed E-state index contributed by atoms with van der Waals surface area (Å²) < 4.78 is 27.3. The Labute approximate surface area is 282 Å². The van der Waals surface area contributed by atoms with Crippen LogP contribution in [0.5, 0.6) is 28.7 Å². The molecule has 2 bridgehead atoms. The molecule has 6 rings (SSSR count). The highest BCUT2D eigenvalue weighted by atomic mass is 35.6.